The first kappa shape index (κ1) is 20.1. The van der Waals surface area contributed by atoms with Crippen LogP contribution in [0.3, 0.4) is 0 Å². The molecule has 0 fully saturated rings. The molecule has 0 saturated heterocycles. The summed E-state index contributed by atoms with van der Waals surface area (Å²) in [4.78, 5) is 16.3. The fraction of sp³-hybridized carbons (Fsp3) is 0.227. The third-order valence-corrected chi connectivity index (χ3v) is 4.88. The molecule has 0 bridgehead atoms. The van der Waals surface area contributed by atoms with Crippen molar-refractivity contribution >= 4 is 28.9 Å². The molecule has 0 amide bonds. The summed E-state index contributed by atoms with van der Waals surface area (Å²) in [6.45, 7) is 6.09. The van der Waals surface area contributed by atoms with E-state index >= 15 is 0 Å². The number of anilines is 1. The van der Waals surface area contributed by atoms with E-state index in [0.29, 0.717) is 17.1 Å². The maximum Gasteiger partial charge on any atom is 0.170 e. The van der Waals surface area contributed by atoms with E-state index in [9.17, 15) is 9.90 Å². The van der Waals surface area contributed by atoms with Gasteiger partial charge in [0.2, 0.25) is 0 Å². The van der Waals surface area contributed by atoms with Crippen LogP contribution in [0.15, 0.2) is 35.4 Å². The summed E-state index contributed by atoms with van der Waals surface area (Å²) in [5.41, 5.74) is 7.31. The molecule has 0 aliphatic rings. The first-order chi connectivity index (χ1) is 13.9. The highest BCUT2D eigenvalue weighted by Gasteiger charge is 2.15. The van der Waals surface area contributed by atoms with Crippen molar-refractivity contribution in [2.45, 2.75) is 20.8 Å². The summed E-state index contributed by atoms with van der Waals surface area (Å²) in [5, 5.41) is 16.9. The Morgan fingerprint density at radius 1 is 1.10 bits per heavy atom. The predicted molar refractivity (Wildman–Crippen MR) is 111 cm³/mol. The van der Waals surface area contributed by atoms with Gasteiger partial charge in [-0.05, 0) is 55.7 Å². The number of carbonyl (C=O) groups is 1. The van der Waals surface area contributed by atoms with E-state index in [-0.39, 0.29) is 11.3 Å². The van der Waals surface area contributed by atoms with Gasteiger partial charge in [0.05, 0.1) is 37.5 Å². The number of nitrogens with one attached hydrogen (secondary N) is 1. The van der Waals surface area contributed by atoms with Crippen molar-refractivity contribution in [1.29, 1.82) is 0 Å². The Bertz CT molecular complexity index is 1120. The van der Waals surface area contributed by atoms with Crippen LogP contribution in [-0.4, -0.2) is 31.4 Å². The van der Waals surface area contributed by atoms with Gasteiger partial charge in [-0.1, -0.05) is 12.1 Å². The third kappa shape index (κ3) is 3.85. The molecule has 0 radical (unpaired) electrons. The van der Waals surface area contributed by atoms with E-state index < -0.39 is 5.97 Å². The third-order valence-electron chi connectivity index (χ3n) is 4.88. The summed E-state index contributed by atoms with van der Waals surface area (Å²) in [5.74, 6) is -0.430. The highest BCUT2D eigenvalue weighted by Crippen LogP contribution is 2.32. The Kier molecular flexibility index (Phi) is 5.68. The Balaban J connectivity index is 1.96. The van der Waals surface area contributed by atoms with Gasteiger partial charge in [0.25, 0.3) is 0 Å². The number of carbonyl (C=O) groups excluding carboxylic acids is 1. The standard InChI is InChI=1S/C22H23N3O4/c1-12-6-8-16-13(2)10-18(24-20(16)14(12)3)25-23-11-15-7-9-17(28-4)21(29-5)19(15)22(26)27/h6-11H,1-5H3,(H,24,25)(H,26,27)/p-1/b23-11-. The van der Waals surface area contributed by atoms with Crippen LogP contribution in [0.2, 0.25) is 0 Å². The second-order valence-electron chi connectivity index (χ2n) is 6.65. The number of hydrogen-bond acceptors (Lipinski definition) is 7. The SMILES string of the molecule is COc1ccc(/C=N\Nc2cc(C)c3ccc(C)c(C)c3n2)c(C(=O)[O-])c1OC. The molecule has 0 aliphatic carbocycles. The van der Waals surface area contributed by atoms with Gasteiger partial charge in [0.15, 0.2) is 11.5 Å². The predicted octanol–water partition coefficient (Wildman–Crippen LogP) is 2.99. The Labute approximate surface area is 169 Å². The summed E-state index contributed by atoms with van der Waals surface area (Å²) in [7, 11) is 2.80. The van der Waals surface area contributed by atoms with Crippen molar-refractivity contribution in [1.82, 2.24) is 4.98 Å². The van der Waals surface area contributed by atoms with Crippen LogP contribution in [0.4, 0.5) is 5.82 Å². The van der Waals surface area contributed by atoms with Crippen molar-refractivity contribution in [2.24, 2.45) is 5.10 Å². The summed E-state index contributed by atoms with van der Waals surface area (Å²) in [6, 6.07) is 9.21. The second kappa shape index (κ2) is 8.18. The van der Waals surface area contributed by atoms with Crippen molar-refractivity contribution in [3.8, 4) is 11.5 Å². The molecule has 3 rings (SSSR count). The van der Waals surface area contributed by atoms with Crippen LogP contribution in [0, 0.1) is 20.8 Å². The van der Waals surface area contributed by atoms with Gasteiger partial charge in [0, 0.05) is 10.9 Å². The fourth-order valence-electron chi connectivity index (χ4n) is 3.18. The van der Waals surface area contributed by atoms with Crippen molar-refractivity contribution in [3.05, 3.63) is 58.1 Å². The zero-order chi connectivity index (χ0) is 21.1. The smallest absolute Gasteiger partial charge is 0.170 e. The van der Waals surface area contributed by atoms with E-state index in [1.807, 2.05) is 26.8 Å². The number of ether oxygens (including phenoxy) is 2. The van der Waals surface area contributed by atoms with Gasteiger partial charge in [-0.3, -0.25) is 5.43 Å². The number of methoxy groups -OCH3 is 2. The number of hydrogen-bond donors (Lipinski definition) is 1. The second-order valence-corrected chi connectivity index (χ2v) is 6.65. The minimum absolute atomic E-state index is 0.0854. The van der Waals surface area contributed by atoms with Gasteiger partial charge < -0.3 is 19.4 Å². The monoisotopic (exact) mass is 392 g/mol. The minimum atomic E-state index is -1.38. The van der Waals surface area contributed by atoms with Crippen LogP contribution in [0.25, 0.3) is 10.9 Å². The van der Waals surface area contributed by atoms with E-state index in [4.69, 9.17) is 9.47 Å². The molecule has 3 aromatic rings. The number of aryl methyl sites for hydroxylation is 3. The lowest BCUT2D eigenvalue weighted by atomic mass is 10.0. The van der Waals surface area contributed by atoms with Crippen LogP contribution in [-0.2, 0) is 0 Å². The lowest BCUT2D eigenvalue weighted by Gasteiger charge is -2.15. The lowest BCUT2D eigenvalue weighted by Crippen LogP contribution is -2.25. The number of benzene rings is 2. The van der Waals surface area contributed by atoms with Gasteiger partial charge in [-0.25, -0.2) is 4.98 Å². The average molecular weight is 392 g/mol. The first-order valence-corrected chi connectivity index (χ1v) is 9.00. The van der Waals surface area contributed by atoms with E-state index in [0.717, 1.165) is 27.6 Å². The first-order valence-electron chi connectivity index (χ1n) is 9.00. The Morgan fingerprint density at radius 2 is 1.86 bits per heavy atom. The van der Waals surface area contributed by atoms with Crippen molar-refractivity contribution in [2.75, 3.05) is 19.6 Å². The van der Waals surface area contributed by atoms with Gasteiger partial charge in [-0.2, -0.15) is 5.10 Å². The molecular weight excluding hydrogens is 370 g/mol. The van der Waals surface area contributed by atoms with E-state index in [1.54, 1.807) is 12.1 Å². The number of nitrogens with zero attached hydrogens (tertiary/aromatic N) is 2. The van der Waals surface area contributed by atoms with E-state index in [2.05, 4.69) is 27.6 Å². The van der Waals surface area contributed by atoms with Crippen molar-refractivity contribution < 1.29 is 19.4 Å². The number of carboxylic acids is 1. The molecule has 150 valence electrons. The zero-order valence-corrected chi connectivity index (χ0v) is 17.0. The molecule has 29 heavy (non-hydrogen) atoms. The Morgan fingerprint density at radius 3 is 2.52 bits per heavy atom. The van der Waals surface area contributed by atoms with Crippen LogP contribution < -0.4 is 20.0 Å². The molecule has 0 unspecified atom stereocenters. The number of pyridine rings is 1. The quantitative estimate of drug-likeness (QED) is 0.512. The molecule has 2 aromatic carbocycles. The zero-order valence-electron chi connectivity index (χ0n) is 17.0. The number of hydrazone groups is 1. The van der Waals surface area contributed by atoms with Crippen molar-refractivity contribution in [3.63, 3.8) is 0 Å². The van der Waals surface area contributed by atoms with E-state index in [1.165, 1.54) is 20.4 Å². The molecule has 0 aliphatic heterocycles. The van der Waals surface area contributed by atoms with Crippen LogP contribution in [0.1, 0.15) is 32.6 Å². The molecule has 7 nitrogen and oxygen atoms in total. The van der Waals surface area contributed by atoms with Crippen LogP contribution in [0.5, 0.6) is 11.5 Å². The number of rotatable bonds is 6. The summed E-state index contributed by atoms with van der Waals surface area (Å²) in [6.07, 6.45) is 1.39. The molecular formula is C22H22N3O4-. The van der Waals surface area contributed by atoms with Gasteiger partial charge in [0.1, 0.15) is 5.82 Å². The normalized spacial score (nSPS) is 11.1. The topological polar surface area (TPSA) is 95.9 Å². The van der Waals surface area contributed by atoms with Gasteiger partial charge in [-0.15, -0.1) is 0 Å². The number of aromatic carboxylic acids is 1. The maximum absolute atomic E-state index is 11.6. The lowest BCUT2D eigenvalue weighted by molar-refractivity contribution is -0.255. The minimum Gasteiger partial charge on any atom is -0.545 e. The maximum atomic E-state index is 11.6. The number of fused-ring (bicyclic) bond motifs is 1. The van der Waals surface area contributed by atoms with Crippen LogP contribution >= 0.6 is 0 Å². The molecule has 7 heteroatoms. The summed E-state index contributed by atoms with van der Waals surface area (Å²) >= 11 is 0. The molecule has 0 atom stereocenters. The average Bonchev–Trinajstić information content (AvgIpc) is 2.70. The molecule has 0 spiro atoms. The van der Waals surface area contributed by atoms with Gasteiger partial charge >= 0.3 is 0 Å². The highest BCUT2D eigenvalue weighted by atomic mass is 16.5. The largest absolute Gasteiger partial charge is 0.545 e. The molecule has 1 heterocycles. The Hall–Kier alpha value is -3.61. The molecule has 1 aromatic heterocycles. The molecule has 0 saturated carbocycles. The number of carboxylic acid groups (broad SMARTS) is 1. The number of aromatic nitrogens is 1. The highest BCUT2D eigenvalue weighted by molar-refractivity contribution is 6.01. The summed E-state index contributed by atoms with van der Waals surface area (Å²) < 4.78 is 10.3. The fourth-order valence-corrected chi connectivity index (χ4v) is 3.18. The molecule has 1 N–H and O–H groups in total.